The van der Waals surface area contributed by atoms with Crippen molar-refractivity contribution in [1.82, 2.24) is 0 Å². The van der Waals surface area contributed by atoms with Crippen molar-refractivity contribution in [1.29, 1.82) is 5.26 Å². The Morgan fingerprint density at radius 2 is 1.43 bits per heavy atom. The van der Waals surface area contributed by atoms with Gasteiger partial charge in [-0.1, -0.05) is 18.2 Å². The van der Waals surface area contributed by atoms with E-state index in [0.717, 1.165) is 23.1 Å². The van der Waals surface area contributed by atoms with Crippen molar-refractivity contribution in [3.63, 3.8) is 0 Å². The quantitative estimate of drug-likeness (QED) is 0.369. The number of hydrogen-bond acceptors (Lipinski definition) is 6. The van der Waals surface area contributed by atoms with E-state index >= 15 is 0 Å². The second-order valence-electron chi connectivity index (χ2n) is 3.99. The molecule has 2 aromatic rings. The van der Waals surface area contributed by atoms with Gasteiger partial charge < -0.3 is 0 Å². The number of non-ortho nitro benzene ring substituents is 2. The van der Waals surface area contributed by atoms with Crippen LogP contribution in [0.2, 0.25) is 0 Å². The molecule has 0 bridgehead atoms. The first kappa shape index (κ1) is 14.0. The van der Waals surface area contributed by atoms with Gasteiger partial charge in [-0.3, -0.25) is 20.2 Å². The van der Waals surface area contributed by atoms with E-state index in [1.54, 1.807) is 30.3 Å². The van der Waals surface area contributed by atoms with Gasteiger partial charge in [0.15, 0.2) is 6.19 Å². The molecule has 0 aromatic heterocycles. The lowest BCUT2D eigenvalue weighted by molar-refractivity contribution is -0.394. The van der Waals surface area contributed by atoms with Gasteiger partial charge in [-0.25, -0.2) is 4.90 Å². The van der Waals surface area contributed by atoms with Crippen LogP contribution >= 0.6 is 0 Å². The molecule has 0 atom stereocenters. The minimum absolute atomic E-state index is 0.0598. The summed E-state index contributed by atoms with van der Waals surface area (Å²) in [5, 5.41) is 30.9. The van der Waals surface area contributed by atoms with Crippen LogP contribution < -0.4 is 4.90 Å². The Labute approximate surface area is 118 Å². The highest BCUT2D eigenvalue weighted by Crippen LogP contribution is 2.32. The van der Waals surface area contributed by atoms with Gasteiger partial charge in [-0.05, 0) is 12.1 Å². The van der Waals surface area contributed by atoms with Crippen molar-refractivity contribution in [2.75, 3.05) is 4.90 Å². The minimum Gasteiger partial charge on any atom is -0.258 e. The molecule has 0 aliphatic heterocycles. The summed E-state index contributed by atoms with van der Waals surface area (Å²) in [5.74, 6) is 0. The van der Waals surface area contributed by atoms with E-state index in [1.165, 1.54) is 0 Å². The Balaban J connectivity index is 2.59. The van der Waals surface area contributed by atoms with Crippen LogP contribution in [0.4, 0.5) is 22.7 Å². The van der Waals surface area contributed by atoms with Crippen LogP contribution in [0.1, 0.15) is 0 Å². The molecule has 0 amide bonds. The highest BCUT2D eigenvalue weighted by Gasteiger charge is 2.20. The maximum Gasteiger partial charge on any atom is 0.278 e. The SMILES string of the molecule is N#CN(c1ccccc1)c1cc([N+](=O)[O-])cc([N+](=O)[O-])c1. The van der Waals surface area contributed by atoms with E-state index in [-0.39, 0.29) is 5.69 Å². The number of benzene rings is 2. The smallest absolute Gasteiger partial charge is 0.258 e. The summed E-state index contributed by atoms with van der Waals surface area (Å²) >= 11 is 0. The molecule has 0 spiro atoms. The summed E-state index contributed by atoms with van der Waals surface area (Å²) in [7, 11) is 0. The zero-order valence-electron chi connectivity index (χ0n) is 10.5. The van der Waals surface area contributed by atoms with Crippen molar-refractivity contribution in [2.45, 2.75) is 0 Å². The molecule has 2 aromatic carbocycles. The van der Waals surface area contributed by atoms with Crippen LogP contribution in [-0.2, 0) is 0 Å². The first-order chi connectivity index (χ1) is 10.0. The molecule has 0 unspecified atom stereocenters. The van der Waals surface area contributed by atoms with E-state index in [2.05, 4.69) is 0 Å². The van der Waals surface area contributed by atoms with E-state index < -0.39 is 21.2 Å². The molecule has 0 fully saturated rings. The third kappa shape index (κ3) is 2.93. The van der Waals surface area contributed by atoms with Crippen LogP contribution in [0.25, 0.3) is 0 Å². The van der Waals surface area contributed by atoms with Gasteiger partial charge in [0, 0.05) is 12.1 Å². The monoisotopic (exact) mass is 284 g/mol. The highest BCUT2D eigenvalue weighted by atomic mass is 16.6. The van der Waals surface area contributed by atoms with Crippen molar-refractivity contribution in [2.24, 2.45) is 0 Å². The summed E-state index contributed by atoms with van der Waals surface area (Å²) in [6.07, 6.45) is 1.86. The molecule has 0 aliphatic carbocycles. The van der Waals surface area contributed by atoms with Crippen molar-refractivity contribution < 1.29 is 9.85 Å². The number of para-hydroxylation sites is 1. The standard InChI is InChI=1S/C13H8N4O4/c14-9-15(10-4-2-1-3-5-10)11-6-12(16(18)19)8-13(7-11)17(20)21/h1-8H. The van der Waals surface area contributed by atoms with E-state index in [9.17, 15) is 25.5 Å². The summed E-state index contributed by atoms with van der Waals surface area (Å²) in [6, 6.07) is 11.4. The average molecular weight is 284 g/mol. The van der Waals surface area contributed by atoms with Gasteiger partial charge in [0.2, 0.25) is 0 Å². The zero-order valence-corrected chi connectivity index (χ0v) is 10.5. The number of hydrogen-bond donors (Lipinski definition) is 0. The molecular formula is C13H8N4O4. The Morgan fingerprint density at radius 3 is 1.86 bits per heavy atom. The number of nitro benzene ring substituents is 2. The van der Waals surface area contributed by atoms with Crippen LogP contribution in [-0.4, -0.2) is 9.85 Å². The third-order valence-corrected chi connectivity index (χ3v) is 2.68. The zero-order chi connectivity index (χ0) is 15.4. The van der Waals surface area contributed by atoms with Crippen LogP contribution in [0, 0.1) is 31.7 Å². The van der Waals surface area contributed by atoms with E-state index in [1.807, 2.05) is 6.19 Å². The molecule has 104 valence electrons. The Bertz CT molecular complexity index is 707. The fraction of sp³-hybridized carbons (Fsp3) is 0. The summed E-state index contributed by atoms with van der Waals surface area (Å²) < 4.78 is 0. The van der Waals surface area contributed by atoms with Crippen LogP contribution in [0.15, 0.2) is 48.5 Å². The second kappa shape index (κ2) is 5.66. The van der Waals surface area contributed by atoms with Crippen molar-refractivity contribution in [3.8, 4) is 6.19 Å². The normalized spacial score (nSPS) is 9.67. The number of rotatable bonds is 4. The molecule has 0 saturated carbocycles. The lowest BCUT2D eigenvalue weighted by atomic mass is 10.2. The largest absolute Gasteiger partial charge is 0.278 e. The molecule has 0 N–H and O–H groups in total. The number of nitrogens with zero attached hydrogens (tertiary/aromatic N) is 4. The van der Waals surface area contributed by atoms with Gasteiger partial charge in [0.1, 0.15) is 0 Å². The molecular weight excluding hydrogens is 276 g/mol. The lowest BCUT2D eigenvalue weighted by Crippen LogP contribution is -2.09. The third-order valence-electron chi connectivity index (χ3n) is 2.68. The minimum atomic E-state index is -0.739. The first-order valence-electron chi connectivity index (χ1n) is 5.71. The molecule has 2 rings (SSSR count). The number of nitro groups is 2. The maximum absolute atomic E-state index is 10.9. The Morgan fingerprint density at radius 1 is 0.905 bits per heavy atom. The van der Waals surface area contributed by atoms with Crippen LogP contribution in [0.5, 0.6) is 0 Å². The average Bonchev–Trinajstić information content (AvgIpc) is 2.48. The predicted octanol–water partition coefficient (Wildman–Crippen LogP) is 3.12. The highest BCUT2D eigenvalue weighted by molar-refractivity contribution is 5.71. The van der Waals surface area contributed by atoms with Crippen molar-refractivity contribution in [3.05, 3.63) is 68.8 Å². The molecule has 8 nitrogen and oxygen atoms in total. The van der Waals surface area contributed by atoms with E-state index in [0.29, 0.717) is 5.69 Å². The molecule has 0 heterocycles. The number of nitriles is 1. The van der Waals surface area contributed by atoms with Crippen molar-refractivity contribution >= 4 is 22.7 Å². The Hall–Kier alpha value is -3.47. The van der Waals surface area contributed by atoms with Gasteiger partial charge in [0.05, 0.1) is 27.3 Å². The van der Waals surface area contributed by atoms with Gasteiger partial charge in [-0.15, -0.1) is 0 Å². The van der Waals surface area contributed by atoms with Gasteiger partial charge in [0.25, 0.3) is 11.4 Å². The topological polar surface area (TPSA) is 113 Å². The fourth-order valence-electron chi connectivity index (χ4n) is 1.76. The maximum atomic E-state index is 10.9. The first-order valence-corrected chi connectivity index (χ1v) is 5.71. The summed E-state index contributed by atoms with van der Waals surface area (Å²) in [5.41, 5.74) is -0.384. The molecule has 21 heavy (non-hydrogen) atoms. The molecule has 0 radical (unpaired) electrons. The van der Waals surface area contributed by atoms with Gasteiger partial charge in [-0.2, -0.15) is 5.26 Å². The molecule has 0 aliphatic rings. The van der Waals surface area contributed by atoms with Gasteiger partial charge >= 0.3 is 0 Å². The summed E-state index contributed by atoms with van der Waals surface area (Å²) in [6.45, 7) is 0. The van der Waals surface area contributed by atoms with Crippen LogP contribution in [0.3, 0.4) is 0 Å². The summed E-state index contributed by atoms with van der Waals surface area (Å²) in [4.78, 5) is 21.3. The Kier molecular flexibility index (Phi) is 3.76. The predicted molar refractivity (Wildman–Crippen MR) is 73.9 cm³/mol. The van der Waals surface area contributed by atoms with E-state index in [4.69, 9.17) is 0 Å². The molecule has 8 heteroatoms. The fourth-order valence-corrected chi connectivity index (χ4v) is 1.76. The second-order valence-corrected chi connectivity index (χ2v) is 3.99. The lowest BCUT2D eigenvalue weighted by Gasteiger charge is -2.15. The number of anilines is 2. The molecule has 0 saturated heterocycles.